The molecule has 1 heterocycles. The largest absolute Gasteiger partial charge is 0.278 e. The molecule has 0 amide bonds. The van der Waals surface area contributed by atoms with Gasteiger partial charge in [0.2, 0.25) is 0 Å². The SMILES string of the molecule is Cc1ccc(C2NS(=O)(=O)NC2c2ccc3ccccc3c2)cc1. The monoisotopic (exact) mass is 338 g/mol. The molecule has 1 fully saturated rings. The minimum atomic E-state index is -3.50. The number of rotatable bonds is 2. The number of fused-ring (bicyclic) bond motifs is 1. The normalized spacial score (nSPS) is 22.7. The minimum Gasteiger partial charge on any atom is -0.195 e. The van der Waals surface area contributed by atoms with E-state index >= 15 is 0 Å². The Bertz CT molecular complexity index is 997. The second-order valence-electron chi connectivity index (χ2n) is 6.21. The smallest absolute Gasteiger partial charge is 0.195 e. The zero-order valence-electron chi connectivity index (χ0n) is 13.2. The van der Waals surface area contributed by atoms with Crippen molar-refractivity contribution in [3.63, 3.8) is 0 Å². The van der Waals surface area contributed by atoms with Crippen molar-refractivity contribution in [3.8, 4) is 0 Å². The molecule has 1 saturated heterocycles. The second kappa shape index (κ2) is 5.70. The van der Waals surface area contributed by atoms with Gasteiger partial charge in [-0.1, -0.05) is 66.2 Å². The van der Waals surface area contributed by atoms with Crippen LogP contribution in [0.3, 0.4) is 0 Å². The lowest BCUT2D eigenvalue weighted by atomic mass is 9.93. The van der Waals surface area contributed by atoms with Gasteiger partial charge in [0.15, 0.2) is 0 Å². The standard InChI is InChI=1S/C19H18N2O2S/c1-13-6-8-15(9-7-13)18-19(21-24(22,23)20-18)17-11-10-14-4-2-3-5-16(14)12-17/h2-12,18-21H,1H3. The van der Waals surface area contributed by atoms with Crippen molar-refractivity contribution in [2.75, 3.05) is 0 Å². The van der Waals surface area contributed by atoms with Gasteiger partial charge in [0.1, 0.15) is 0 Å². The fourth-order valence-corrected chi connectivity index (χ4v) is 4.48. The molecule has 0 spiro atoms. The number of benzene rings is 3. The van der Waals surface area contributed by atoms with E-state index in [4.69, 9.17) is 0 Å². The van der Waals surface area contributed by atoms with Crippen molar-refractivity contribution in [1.29, 1.82) is 0 Å². The van der Waals surface area contributed by atoms with Crippen LogP contribution in [0.25, 0.3) is 10.8 Å². The van der Waals surface area contributed by atoms with Crippen LogP contribution < -0.4 is 9.44 Å². The van der Waals surface area contributed by atoms with Gasteiger partial charge in [0.25, 0.3) is 10.2 Å². The second-order valence-corrected chi connectivity index (χ2v) is 7.69. The fourth-order valence-electron chi connectivity index (χ4n) is 3.20. The summed E-state index contributed by atoms with van der Waals surface area (Å²) in [6, 6.07) is 21.4. The average Bonchev–Trinajstić information content (AvgIpc) is 2.91. The molecule has 0 aliphatic carbocycles. The summed E-state index contributed by atoms with van der Waals surface area (Å²) in [5.41, 5.74) is 3.05. The van der Waals surface area contributed by atoms with Crippen LogP contribution in [0.1, 0.15) is 28.8 Å². The first kappa shape index (κ1) is 15.3. The van der Waals surface area contributed by atoms with Crippen molar-refractivity contribution in [3.05, 3.63) is 83.4 Å². The van der Waals surface area contributed by atoms with Gasteiger partial charge in [0, 0.05) is 0 Å². The van der Waals surface area contributed by atoms with E-state index in [9.17, 15) is 8.42 Å². The Balaban J connectivity index is 1.79. The third kappa shape index (κ3) is 2.82. The lowest BCUT2D eigenvalue weighted by Crippen LogP contribution is -2.24. The Labute approximate surface area is 141 Å². The highest BCUT2D eigenvalue weighted by atomic mass is 32.2. The Hall–Kier alpha value is -2.21. The number of nitrogens with one attached hydrogen (secondary N) is 2. The van der Waals surface area contributed by atoms with E-state index in [1.54, 1.807) is 0 Å². The zero-order chi connectivity index (χ0) is 16.7. The molecule has 0 saturated carbocycles. The third-order valence-electron chi connectivity index (χ3n) is 4.47. The molecule has 1 aliphatic heterocycles. The van der Waals surface area contributed by atoms with Gasteiger partial charge in [-0.25, -0.2) is 0 Å². The van der Waals surface area contributed by atoms with Gasteiger partial charge in [-0.15, -0.1) is 0 Å². The molecule has 3 aromatic carbocycles. The summed E-state index contributed by atoms with van der Waals surface area (Å²) < 4.78 is 29.7. The van der Waals surface area contributed by atoms with Gasteiger partial charge < -0.3 is 0 Å². The summed E-state index contributed by atoms with van der Waals surface area (Å²) in [6.07, 6.45) is 0. The van der Waals surface area contributed by atoms with Crippen molar-refractivity contribution in [2.45, 2.75) is 19.0 Å². The molecule has 0 radical (unpaired) electrons. The molecular formula is C19H18N2O2S. The van der Waals surface area contributed by atoms with Crippen molar-refractivity contribution in [1.82, 2.24) is 9.44 Å². The average molecular weight is 338 g/mol. The summed E-state index contributed by atoms with van der Waals surface area (Å²) in [6.45, 7) is 2.02. The molecule has 4 rings (SSSR count). The number of hydrogen-bond donors (Lipinski definition) is 2. The maximum absolute atomic E-state index is 12.1. The first-order valence-electron chi connectivity index (χ1n) is 7.87. The molecule has 1 aliphatic rings. The molecule has 5 heteroatoms. The highest BCUT2D eigenvalue weighted by Crippen LogP contribution is 2.35. The number of hydrogen-bond acceptors (Lipinski definition) is 2. The fraction of sp³-hybridized carbons (Fsp3) is 0.158. The first-order chi connectivity index (χ1) is 11.5. The van der Waals surface area contributed by atoms with E-state index in [0.717, 1.165) is 27.5 Å². The Morgan fingerprint density at radius 3 is 2.04 bits per heavy atom. The predicted molar refractivity (Wildman–Crippen MR) is 95.8 cm³/mol. The number of aryl methyl sites for hydroxylation is 1. The molecule has 122 valence electrons. The van der Waals surface area contributed by atoms with Gasteiger partial charge in [-0.3, -0.25) is 0 Å². The molecule has 0 bridgehead atoms. The third-order valence-corrected chi connectivity index (χ3v) is 5.60. The minimum absolute atomic E-state index is 0.322. The van der Waals surface area contributed by atoms with Crippen LogP contribution in [0.4, 0.5) is 0 Å². The quantitative estimate of drug-likeness (QED) is 0.753. The van der Waals surface area contributed by atoms with Gasteiger partial charge in [-0.05, 0) is 34.9 Å². The highest BCUT2D eigenvalue weighted by molar-refractivity contribution is 7.87. The first-order valence-corrected chi connectivity index (χ1v) is 9.35. The Kier molecular flexibility index (Phi) is 3.64. The van der Waals surface area contributed by atoms with Gasteiger partial charge in [0.05, 0.1) is 12.1 Å². The van der Waals surface area contributed by atoms with Crippen LogP contribution in [-0.2, 0) is 10.2 Å². The van der Waals surface area contributed by atoms with Crippen LogP contribution in [0.2, 0.25) is 0 Å². The van der Waals surface area contributed by atoms with E-state index < -0.39 is 10.2 Å². The summed E-state index contributed by atoms with van der Waals surface area (Å²) in [7, 11) is -3.50. The van der Waals surface area contributed by atoms with Crippen molar-refractivity contribution >= 4 is 21.0 Å². The molecule has 2 atom stereocenters. The maximum atomic E-state index is 12.1. The lowest BCUT2D eigenvalue weighted by molar-refractivity contribution is 0.554. The van der Waals surface area contributed by atoms with Crippen LogP contribution in [0.5, 0.6) is 0 Å². The topological polar surface area (TPSA) is 58.2 Å². The van der Waals surface area contributed by atoms with Crippen LogP contribution in [0, 0.1) is 6.92 Å². The summed E-state index contributed by atoms with van der Waals surface area (Å²) in [5, 5.41) is 2.24. The molecular weight excluding hydrogens is 320 g/mol. The molecule has 4 nitrogen and oxygen atoms in total. The summed E-state index contributed by atoms with van der Waals surface area (Å²) in [4.78, 5) is 0. The van der Waals surface area contributed by atoms with E-state index in [2.05, 4.69) is 15.5 Å². The van der Waals surface area contributed by atoms with E-state index in [-0.39, 0.29) is 12.1 Å². The molecule has 2 N–H and O–H groups in total. The lowest BCUT2D eigenvalue weighted by Gasteiger charge is -2.19. The zero-order valence-corrected chi connectivity index (χ0v) is 14.0. The molecule has 3 aromatic rings. The van der Waals surface area contributed by atoms with Crippen LogP contribution >= 0.6 is 0 Å². The van der Waals surface area contributed by atoms with Crippen molar-refractivity contribution in [2.24, 2.45) is 0 Å². The van der Waals surface area contributed by atoms with E-state index in [0.29, 0.717) is 0 Å². The molecule has 24 heavy (non-hydrogen) atoms. The molecule has 2 unspecified atom stereocenters. The highest BCUT2D eigenvalue weighted by Gasteiger charge is 2.38. The maximum Gasteiger partial charge on any atom is 0.278 e. The van der Waals surface area contributed by atoms with Crippen molar-refractivity contribution < 1.29 is 8.42 Å². The van der Waals surface area contributed by atoms with Gasteiger partial charge in [-0.2, -0.15) is 17.9 Å². The van der Waals surface area contributed by atoms with Gasteiger partial charge >= 0.3 is 0 Å². The Morgan fingerprint density at radius 2 is 1.33 bits per heavy atom. The molecule has 0 aromatic heterocycles. The van der Waals surface area contributed by atoms with E-state index in [1.165, 1.54) is 0 Å². The van der Waals surface area contributed by atoms with Crippen LogP contribution in [-0.4, -0.2) is 8.42 Å². The Morgan fingerprint density at radius 1 is 0.750 bits per heavy atom. The van der Waals surface area contributed by atoms with Crippen LogP contribution in [0.15, 0.2) is 66.7 Å². The predicted octanol–water partition coefficient (Wildman–Crippen LogP) is 3.37. The summed E-state index contributed by atoms with van der Waals surface area (Å²) in [5.74, 6) is 0. The van der Waals surface area contributed by atoms with E-state index in [1.807, 2.05) is 67.6 Å². The summed E-state index contributed by atoms with van der Waals surface area (Å²) >= 11 is 0.